The summed E-state index contributed by atoms with van der Waals surface area (Å²) in [6.45, 7) is 2.78. The van der Waals surface area contributed by atoms with Gasteiger partial charge in [0.15, 0.2) is 0 Å². The molecule has 0 fully saturated rings. The lowest BCUT2D eigenvalue weighted by atomic mass is 10.2. The normalized spacial score (nSPS) is 12.6. The van der Waals surface area contributed by atoms with Gasteiger partial charge in [0.1, 0.15) is 0 Å². The summed E-state index contributed by atoms with van der Waals surface area (Å²) >= 11 is 11.8. The molecule has 0 saturated carbocycles. The number of rotatable bonds is 4. The number of halogens is 2. The molecule has 0 aliphatic carbocycles. The fourth-order valence-electron chi connectivity index (χ4n) is 1.07. The molecule has 1 unspecified atom stereocenters. The van der Waals surface area contributed by atoms with Crippen molar-refractivity contribution in [1.82, 2.24) is 0 Å². The van der Waals surface area contributed by atoms with Crippen molar-refractivity contribution >= 4 is 28.9 Å². The van der Waals surface area contributed by atoms with Gasteiger partial charge in [-0.1, -0.05) is 23.2 Å². The molecule has 0 saturated heterocycles. The summed E-state index contributed by atoms with van der Waals surface area (Å²) in [4.78, 5) is 0. The molecular formula is C10H14Cl2N2. The van der Waals surface area contributed by atoms with Crippen molar-refractivity contribution in [3.05, 3.63) is 28.2 Å². The number of nitrogens with two attached hydrogens (primary N) is 1. The van der Waals surface area contributed by atoms with E-state index in [1.807, 2.05) is 13.0 Å². The second-order valence-corrected chi connectivity index (χ2v) is 4.16. The van der Waals surface area contributed by atoms with Gasteiger partial charge in [0, 0.05) is 17.6 Å². The molecule has 14 heavy (non-hydrogen) atoms. The molecule has 1 rings (SSSR count). The Morgan fingerprint density at radius 3 is 2.79 bits per heavy atom. The Morgan fingerprint density at radius 1 is 1.43 bits per heavy atom. The fraction of sp³-hybridized carbons (Fsp3) is 0.400. The Balaban J connectivity index is 2.53. The Labute approximate surface area is 94.4 Å². The molecule has 1 aromatic carbocycles. The van der Waals surface area contributed by atoms with E-state index in [-0.39, 0.29) is 6.04 Å². The maximum Gasteiger partial charge on any atom is 0.0638 e. The monoisotopic (exact) mass is 232 g/mol. The zero-order valence-corrected chi connectivity index (χ0v) is 9.57. The van der Waals surface area contributed by atoms with Crippen LogP contribution in [0, 0.1) is 0 Å². The van der Waals surface area contributed by atoms with Crippen LogP contribution in [0.25, 0.3) is 0 Å². The summed E-state index contributed by atoms with van der Waals surface area (Å²) in [5, 5.41) is 4.55. The lowest BCUT2D eigenvalue weighted by Crippen LogP contribution is -2.19. The third-order valence-electron chi connectivity index (χ3n) is 1.84. The summed E-state index contributed by atoms with van der Waals surface area (Å²) in [6.07, 6.45) is 0.906. The Hall–Kier alpha value is -0.440. The number of benzene rings is 1. The molecule has 0 aliphatic rings. The Morgan fingerprint density at radius 2 is 2.14 bits per heavy atom. The van der Waals surface area contributed by atoms with Gasteiger partial charge in [0.2, 0.25) is 0 Å². The van der Waals surface area contributed by atoms with Crippen LogP contribution in [-0.4, -0.2) is 12.6 Å². The van der Waals surface area contributed by atoms with Gasteiger partial charge >= 0.3 is 0 Å². The summed E-state index contributed by atoms with van der Waals surface area (Å²) in [7, 11) is 0. The molecule has 0 aromatic heterocycles. The van der Waals surface area contributed by atoms with Crippen LogP contribution in [0.5, 0.6) is 0 Å². The number of nitrogens with one attached hydrogen (secondary N) is 1. The Kier molecular flexibility index (Phi) is 4.52. The zero-order chi connectivity index (χ0) is 10.6. The largest absolute Gasteiger partial charge is 0.384 e. The van der Waals surface area contributed by atoms with Gasteiger partial charge in [-0.15, -0.1) is 0 Å². The highest BCUT2D eigenvalue weighted by molar-refractivity contribution is 6.35. The van der Waals surface area contributed by atoms with Crippen LogP contribution in [-0.2, 0) is 0 Å². The first-order valence-electron chi connectivity index (χ1n) is 4.54. The molecule has 0 amide bonds. The van der Waals surface area contributed by atoms with E-state index in [1.165, 1.54) is 0 Å². The van der Waals surface area contributed by atoms with Gasteiger partial charge in [-0.3, -0.25) is 0 Å². The average Bonchev–Trinajstić information content (AvgIpc) is 2.10. The van der Waals surface area contributed by atoms with E-state index >= 15 is 0 Å². The maximum absolute atomic E-state index is 5.96. The second kappa shape index (κ2) is 5.44. The van der Waals surface area contributed by atoms with Gasteiger partial charge in [0.05, 0.1) is 10.7 Å². The Bertz CT molecular complexity index is 300. The van der Waals surface area contributed by atoms with E-state index in [4.69, 9.17) is 28.9 Å². The van der Waals surface area contributed by atoms with Crippen LogP contribution in [0.3, 0.4) is 0 Å². The SMILES string of the molecule is CC(N)CCNc1cc(Cl)ccc1Cl. The zero-order valence-electron chi connectivity index (χ0n) is 8.06. The van der Waals surface area contributed by atoms with Gasteiger partial charge in [-0.2, -0.15) is 0 Å². The minimum Gasteiger partial charge on any atom is -0.384 e. The van der Waals surface area contributed by atoms with Crippen LogP contribution in [0.15, 0.2) is 18.2 Å². The molecule has 78 valence electrons. The lowest BCUT2D eigenvalue weighted by molar-refractivity contribution is 0.690. The summed E-state index contributed by atoms with van der Waals surface area (Å²) in [5.41, 5.74) is 6.49. The topological polar surface area (TPSA) is 38.0 Å². The van der Waals surface area contributed by atoms with Crippen molar-refractivity contribution in [2.24, 2.45) is 5.73 Å². The molecular weight excluding hydrogens is 219 g/mol. The van der Waals surface area contributed by atoms with Gasteiger partial charge in [0.25, 0.3) is 0 Å². The maximum atomic E-state index is 5.96. The van der Waals surface area contributed by atoms with Crippen LogP contribution in [0.1, 0.15) is 13.3 Å². The number of hydrogen-bond donors (Lipinski definition) is 2. The molecule has 1 atom stereocenters. The number of hydrogen-bond acceptors (Lipinski definition) is 2. The van der Waals surface area contributed by atoms with Crippen molar-refractivity contribution in [3.63, 3.8) is 0 Å². The molecule has 0 bridgehead atoms. The van der Waals surface area contributed by atoms with E-state index in [9.17, 15) is 0 Å². The average molecular weight is 233 g/mol. The first kappa shape index (κ1) is 11.6. The third-order valence-corrected chi connectivity index (χ3v) is 2.41. The van der Waals surface area contributed by atoms with Gasteiger partial charge in [-0.05, 0) is 31.5 Å². The predicted molar refractivity (Wildman–Crippen MR) is 63.2 cm³/mol. The minimum atomic E-state index is 0.195. The lowest BCUT2D eigenvalue weighted by Gasteiger charge is -2.10. The quantitative estimate of drug-likeness (QED) is 0.838. The fourth-order valence-corrected chi connectivity index (χ4v) is 1.42. The van der Waals surface area contributed by atoms with Crippen LogP contribution in [0.4, 0.5) is 5.69 Å². The van der Waals surface area contributed by atoms with Crippen LogP contribution >= 0.6 is 23.2 Å². The van der Waals surface area contributed by atoms with Crippen LogP contribution < -0.4 is 11.1 Å². The van der Waals surface area contributed by atoms with Crippen molar-refractivity contribution in [2.45, 2.75) is 19.4 Å². The summed E-state index contributed by atoms with van der Waals surface area (Å²) in [6, 6.07) is 5.55. The molecule has 0 heterocycles. The molecule has 0 aliphatic heterocycles. The van der Waals surface area contributed by atoms with Crippen molar-refractivity contribution in [3.8, 4) is 0 Å². The molecule has 1 aromatic rings. The summed E-state index contributed by atoms with van der Waals surface area (Å²) < 4.78 is 0. The highest BCUT2D eigenvalue weighted by Crippen LogP contribution is 2.25. The highest BCUT2D eigenvalue weighted by atomic mass is 35.5. The van der Waals surface area contributed by atoms with Gasteiger partial charge in [-0.25, -0.2) is 0 Å². The third kappa shape index (κ3) is 3.74. The molecule has 4 heteroatoms. The first-order valence-corrected chi connectivity index (χ1v) is 5.29. The van der Waals surface area contributed by atoms with Crippen LogP contribution in [0.2, 0.25) is 10.0 Å². The molecule has 2 nitrogen and oxygen atoms in total. The second-order valence-electron chi connectivity index (χ2n) is 3.32. The predicted octanol–water partition coefficient (Wildman–Crippen LogP) is 3.14. The van der Waals surface area contributed by atoms with E-state index in [0.717, 1.165) is 18.7 Å². The molecule has 3 N–H and O–H groups in total. The standard InChI is InChI=1S/C10H14Cl2N2/c1-7(13)4-5-14-10-6-8(11)2-3-9(10)12/h2-3,6-7,14H,4-5,13H2,1H3. The first-order chi connectivity index (χ1) is 6.59. The van der Waals surface area contributed by atoms with Crippen molar-refractivity contribution < 1.29 is 0 Å². The number of anilines is 1. The molecule has 0 spiro atoms. The van der Waals surface area contributed by atoms with Crippen molar-refractivity contribution in [2.75, 3.05) is 11.9 Å². The van der Waals surface area contributed by atoms with E-state index in [0.29, 0.717) is 10.0 Å². The smallest absolute Gasteiger partial charge is 0.0638 e. The van der Waals surface area contributed by atoms with Crippen molar-refractivity contribution in [1.29, 1.82) is 0 Å². The highest BCUT2D eigenvalue weighted by Gasteiger charge is 2.00. The van der Waals surface area contributed by atoms with E-state index in [2.05, 4.69) is 5.32 Å². The van der Waals surface area contributed by atoms with E-state index < -0.39 is 0 Å². The summed E-state index contributed by atoms with van der Waals surface area (Å²) in [5.74, 6) is 0. The molecule has 0 radical (unpaired) electrons. The minimum absolute atomic E-state index is 0.195. The van der Waals surface area contributed by atoms with E-state index in [1.54, 1.807) is 12.1 Å². The van der Waals surface area contributed by atoms with Gasteiger partial charge < -0.3 is 11.1 Å².